The number of carbonyl (C=O) groups excluding carboxylic acids is 1. The van der Waals surface area contributed by atoms with Crippen molar-refractivity contribution in [2.24, 2.45) is 5.92 Å². The number of hydrogen-bond donors (Lipinski definition) is 1. The summed E-state index contributed by atoms with van der Waals surface area (Å²) in [7, 11) is 0. The number of fused-ring (bicyclic) bond motifs is 2. The normalized spacial score (nSPS) is 17.4. The van der Waals surface area contributed by atoms with Gasteiger partial charge in [0.25, 0.3) is 5.91 Å². The van der Waals surface area contributed by atoms with E-state index >= 15 is 0 Å². The Morgan fingerprint density at radius 3 is 3.32 bits per heavy atom. The molecule has 3 aromatic rings. The van der Waals surface area contributed by atoms with Crippen LogP contribution >= 0.6 is 0 Å². The van der Waals surface area contributed by atoms with Gasteiger partial charge in [-0.2, -0.15) is 0 Å². The molecule has 0 aromatic carbocycles. The number of aromatic nitrogens is 5. The molecule has 0 bridgehead atoms. The zero-order chi connectivity index (χ0) is 14.9. The molecule has 3 aromatic heterocycles. The number of imidazole rings is 1. The smallest absolute Gasteiger partial charge is 0.252 e. The number of carbonyl (C=O) groups is 1. The predicted octanol–water partition coefficient (Wildman–Crippen LogP) is 0.918. The zero-order valence-electron chi connectivity index (χ0n) is 12.0. The van der Waals surface area contributed by atoms with Crippen LogP contribution in [0.15, 0.2) is 37.1 Å². The molecule has 0 saturated carbocycles. The number of amides is 1. The molecule has 112 valence electrons. The lowest BCUT2D eigenvalue weighted by molar-refractivity contribution is 0.0944. The van der Waals surface area contributed by atoms with Crippen LogP contribution in [0.3, 0.4) is 0 Å². The molecule has 4 heterocycles. The molecule has 0 fully saturated rings. The third kappa shape index (κ3) is 2.34. The Hall–Kier alpha value is -2.70. The van der Waals surface area contributed by atoms with Crippen LogP contribution in [0.1, 0.15) is 22.6 Å². The Morgan fingerprint density at radius 2 is 2.36 bits per heavy atom. The first kappa shape index (κ1) is 13.0. The topological polar surface area (TPSA) is 77.1 Å². The van der Waals surface area contributed by atoms with Gasteiger partial charge in [-0.15, -0.1) is 10.2 Å². The summed E-state index contributed by atoms with van der Waals surface area (Å²) >= 11 is 0. The van der Waals surface area contributed by atoms with E-state index < -0.39 is 0 Å². The first-order valence-corrected chi connectivity index (χ1v) is 7.37. The molecule has 7 heteroatoms. The average molecular weight is 296 g/mol. The number of nitrogens with one attached hydrogen (secondary N) is 1. The molecule has 1 aliphatic rings. The van der Waals surface area contributed by atoms with Crippen LogP contribution in [0, 0.1) is 5.92 Å². The van der Waals surface area contributed by atoms with E-state index in [1.54, 1.807) is 29.1 Å². The number of pyridine rings is 1. The Kier molecular flexibility index (Phi) is 3.10. The van der Waals surface area contributed by atoms with E-state index in [0.29, 0.717) is 18.0 Å². The van der Waals surface area contributed by atoms with Crippen molar-refractivity contribution in [1.29, 1.82) is 0 Å². The fraction of sp³-hybridized carbons (Fsp3) is 0.333. The Balaban J connectivity index is 1.40. The molecule has 4 rings (SSSR count). The summed E-state index contributed by atoms with van der Waals surface area (Å²) < 4.78 is 3.92. The lowest BCUT2D eigenvalue weighted by Crippen LogP contribution is -2.33. The number of nitrogens with zero attached hydrogens (tertiary/aromatic N) is 5. The Labute approximate surface area is 127 Å². The van der Waals surface area contributed by atoms with Gasteiger partial charge in [-0.1, -0.05) is 0 Å². The van der Waals surface area contributed by atoms with E-state index in [-0.39, 0.29) is 5.91 Å². The number of rotatable bonds is 3. The number of hydrogen-bond acceptors (Lipinski definition) is 4. The van der Waals surface area contributed by atoms with E-state index in [0.717, 1.165) is 30.9 Å². The zero-order valence-corrected chi connectivity index (χ0v) is 12.0. The maximum Gasteiger partial charge on any atom is 0.252 e. The monoisotopic (exact) mass is 296 g/mol. The highest BCUT2D eigenvalue weighted by Crippen LogP contribution is 2.18. The lowest BCUT2D eigenvalue weighted by Gasteiger charge is -2.23. The van der Waals surface area contributed by atoms with Gasteiger partial charge in [0.1, 0.15) is 12.2 Å². The van der Waals surface area contributed by atoms with Gasteiger partial charge >= 0.3 is 0 Å². The fourth-order valence-electron chi connectivity index (χ4n) is 2.89. The SMILES string of the molecule is O=C(NC[C@@H]1CCn2ccnc2C1)c1ccc2nncn2c1. The third-order valence-electron chi connectivity index (χ3n) is 4.16. The summed E-state index contributed by atoms with van der Waals surface area (Å²) in [4.78, 5) is 16.6. The molecule has 1 aliphatic heterocycles. The van der Waals surface area contributed by atoms with E-state index in [1.165, 1.54) is 0 Å². The van der Waals surface area contributed by atoms with Gasteiger partial charge in [-0.3, -0.25) is 9.20 Å². The van der Waals surface area contributed by atoms with Gasteiger partial charge in [0.05, 0.1) is 5.56 Å². The maximum atomic E-state index is 12.3. The van der Waals surface area contributed by atoms with Gasteiger partial charge in [0.15, 0.2) is 5.65 Å². The first-order chi connectivity index (χ1) is 10.8. The van der Waals surface area contributed by atoms with Gasteiger partial charge in [-0.05, 0) is 24.5 Å². The lowest BCUT2D eigenvalue weighted by atomic mass is 9.98. The van der Waals surface area contributed by atoms with E-state index in [1.807, 2.05) is 12.4 Å². The van der Waals surface area contributed by atoms with Crippen molar-refractivity contribution in [2.45, 2.75) is 19.4 Å². The molecule has 1 N–H and O–H groups in total. The molecule has 7 nitrogen and oxygen atoms in total. The van der Waals surface area contributed by atoms with E-state index in [2.05, 4.69) is 25.1 Å². The summed E-state index contributed by atoms with van der Waals surface area (Å²) in [6.07, 6.45) is 9.17. The average Bonchev–Trinajstić information content (AvgIpc) is 3.19. The second-order valence-corrected chi connectivity index (χ2v) is 5.62. The molecule has 0 aliphatic carbocycles. The van der Waals surface area contributed by atoms with Crippen LogP contribution in [0.5, 0.6) is 0 Å². The summed E-state index contributed by atoms with van der Waals surface area (Å²) in [6, 6.07) is 3.56. The minimum Gasteiger partial charge on any atom is -0.352 e. The second kappa shape index (κ2) is 5.25. The van der Waals surface area contributed by atoms with Crippen LogP contribution in [0.2, 0.25) is 0 Å². The van der Waals surface area contributed by atoms with Crippen molar-refractivity contribution < 1.29 is 4.79 Å². The van der Waals surface area contributed by atoms with E-state index in [4.69, 9.17) is 0 Å². The predicted molar refractivity (Wildman–Crippen MR) is 79.4 cm³/mol. The molecular weight excluding hydrogens is 280 g/mol. The minimum atomic E-state index is -0.0653. The van der Waals surface area contributed by atoms with Gasteiger partial charge < -0.3 is 9.88 Å². The minimum absolute atomic E-state index is 0.0653. The molecular formula is C15H16N6O. The van der Waals surface area contributed by atoms with Crippen molar-refractivity contribution in [3.63, 3.8) is 0 Å². The van der Waals surface area contributed by atoms with Crippen molar-refractivity contribution in [3.8, 4) is 0 Å². The van der Waals surface area contributed by atoms with Gasteiger partial charge in [-0.25, -0.2) is 4.98 Å². The van der Waals surface area contributed by atoms with Gasteiger partial charge in [0, 0.05) is 38.1 Å². The first-order valence-electron chi connectivity index (χ1n) is 7.37. The quantitative estimate of drug-likeness (QED) is 0.779. The molecule has 0 unspecified atom stereocenters. The van der Waals surface area contributed by atoms with Crippen LogP contribution in [-0.4, -0.2) is 36.6 Å². The summed E-state index contributed by atoms with van der Waals surface area (Å²) in [5.41, 5.74) is 1.35. The number of aryl methyl sites for hydroxylation is 1. The third-order valence-corrected chi connectivity index (χ3v) is 4.16. The van der Waals surface area contributed by atoms with Crippen LogP contribution in [0.4, 0.5) is 0 Å². The summed E-state index contributed by atoms with van der Waals surface area (Å²) in [5.74, 6) is 1.48. The van der Waals surface area contributed by atoms with Crippen LogP contribution in [0.25, 0.3) is 5.65 Å². The Bertz CT molecular complexity index is 820. The molecule has 22 heavy (non-hydrogen) atoms. The van der Waals surface area contributed by atoms with Crippen molar-refractivity contribution in [2.75, 3.05) is 6.54 Å². The summed E-state index contributed by atoms with van der Waals surface area (Å²) in [6.45, 7) is 1.65. The van der Waals surface area contributed by atoms with E-state index in [9.17, 15) is 4.79 Å². The highest BCUT2D eigenvalue weighted by Gasteiger charge is 2.19. The second-order valence-electron chi connectivity index (χ2n) is 5.62. The van der Waals surface area contributed by atoms with Crippen LogP contribution in [-0.2, 0) is 13.0 Å². The highest BCUT2D eigenvalue weighted by molar-refractivity contribution is 5.94. The Morgan fingerprint density at radius 1 is 1.41 bits per heavy atom. The highest BCUT2D eigenvalue weighted by atomic mass is 16.1. The molecule has 1 atom stereocenters. The van der Waals surface area contributed by atoms with Crippen LogP contribution < -0.4 is 5.32 Å². The largest absolute Gasteiger partial charge is 0.352 e. The summed E-state index contributed by atoms with van der Waals surface area (Å²) in [5, 5.41) is 10.8. The maximum absolute atomic E-state index is 12.3. The standard InChI is InChI=1S/C15H16N6O/c22-15(12-1-2-13-19-18-10-21(13)9-12)17-8-11-3-5-20-6-4-16-14(20)7-11/h1-2,4,6,9-11H,3,5,7-8H2,(H,17,22)/t11-/m1/s1. The van der Waals surface area contributed by atoms with Crippen molar-refractivity contribution in [1.82, 2.24) is 29.5 Å². The van der Waals surface area contributed by atoms with Gasteiger partial charge in [0.2, 0.25) is 0 Å². The van der Waals surface area contributed by atoms with Crippen molar-refractivity contribution >= 4 is 11.6 Å². The molecule has 0 spiro atoms. The molecule has 0 radical (unpaired) electrons. The molecule has 0 saturated heterocycles. The molecule has 1 amide bonds. The van der Waals surface area contributed by atoms with Crippen molar-refractivity contribution in [3.05, 3.63) is 48.4 Å². The fourth-order valence-corrected chi connectivity index (χ4v) is 2.89.